The minimum atomic E-state index is -0.587. The highest BCUT2D eigenvalue weighted by Crippen LogP contribution is 2.26. The van der Waals surface area contributed by atoms with E-state index in [1.807, 2.05) is 26.0 Å². The Kier molecular flexibility index (Phi) is 11.6. The summed E-state index contributed by atoms with van der Waals surface area (Å²) in [6.45, 7) is 9.90. The number of rotatable bonds is 14. The number of carbonyl (C=O) groups excluding carboxylic acids is 1. The average molecular weight is 514 g/mol. The van der Waals surface area contributed by atoms with Gasteiger partial charge < -0.3 is 14.6 Å². The van der Waals surface area contributed by atoms with Crippen molar-refractivity contribution in [1.82, 2.24) is 4.90 Å². The van der Waals surface area contributed by atoms with Gasteiger partial charge in [0.1, 0.15) is 5.82 Å². The molecule has 0 bridgehead atoms. The van der Waals surface area contributed by atoms with E-state index in [1.54, 1.807) is 13.0 Å². The highest BCUT2D eigenvalue weighted by atomic mass is 19.1. The first-order valence-corrected chi connectivity index (χ1v) is 13.8. The number of nitrogens with zero attached hydrogens (tertiary/aromatic N) is 1. The first kappa shape index (κ1) is 29.3. The molecule has 0 aromatic heterocycles. The van der Waals surface area contributed by atoms with Gasteiger partial charge in [0.15, 0.2) is 0 Å². The molecule has 0 amide bonds. The average Bonchev–Trinajstić information content (AvgIpc) is 3.29. The van der Waals surface area contributed by atoms with Gasteiger partial charge in [-0.15, -0.1) is 0 Å². The first-order valence-electron chi connectivity index (χ1n) is 13.8. The van der Waals surface area contributed by atoms with Gasteiger partial charge in [-0.25, -0.2) is 4.39 Å². The number of β-amino-alcohol motifs (C(OH)–C–C–N with tert-alkyl or cyclic N) is 1. The molecule has 3 rings (SSSR count). The molecule has 1 saturated heterocycles. The molecule has 1 aliphatic rings. The fourth-order valence-corrected chi connectivity index (χ4v) is 5.21. The summed E-state index contributed by atoms with van der Waals surface area (Å²) in [5.74, 6) is -0.289. The van der Waals surface area contributed by atoms with E-state index in [0.29, 0.717) is 31.2 Å². The molecule has 3 atom stereocenters. The molecule has 5 nitrogen and oxygen atoms in total. The molecule has 1 N–H and O–H groups in total. The molecule has 1 fully saturated rings. The van der Waals surface area contributed by atoms with Gasteiger partial charge in [-0.1, -0.05) is 35.9 Å². The van der Waals surface area contributed by atoms with Gasteiger partial charge >= 0.3 is 5.97 Å². The van der Waals surface area contributed by atoms with Crippen molar-refractivity contribution in [2.75, 3.05) is 26.3 Å². The number of likely N-dealkylation sites (tertiary alicyclic amines) is 1. The van der Waals surface area contributed by atoms with E-state index in [0.717, 1.165) is 56.2 Å². The van der Waals surface area contributed by atoms with Crippen molar-refractivity contribution >= 4 is 5.97 Å². The second kappa shape index (κ2) is 14.6. The molecule has 0 aliphatic carbocycles. The van der Waals surface area contributed by atoms with E-state index in [2.05, 4.69) is 30.0 Å². The number of aryl methyl sites for hydroxylation is 3. The molecule has 6 heteroatoms. The summed E-state index contributed by atoms with van der Waals surface area (Å²) < 4.78 is 25.2. The number of esters is 1. The van der Waals surface area contributed by atoms with E-state index < -0.39 is 6.10 Å². The Labute approximate surface area is 222 Å². The van der Waals surface area contributed by atoms with Crippen molar-refractivity contribution in [2.24, 2.45) is 0 Å². The second-order valence-corrected chi connectivity index (χ2v) is 10.4. The molecule has 0 radical (unpaired) electrons. The van der Waals surface area contributed by atoms with Crippen molar-refractivity contribution in [1.29, 1.82) is 0 Å². The van der Waals surface area contributed by atoms with Gasteiger partial charge in [-0.05, 0) is 101 Å². The maximum atomic E-state index is 14.0. The number of benzene rings is 2. The SMILES string of the molecule is CCOC(=O)CCCCc1ccc(C)cc1[C@@H](C)OC[C@H](O)CN1CCC[C@H]1Cc1ccc(C)c(F)c1. The third kappa shape index (κ3) is 9.20. The zero-order valence-corrected chi connectivity index (χ0v) is 23.0. The summed E-state index contributed by atoms with van der Waals surface area (Å²) in [5.41, 5.74) is 5.22. The normalized spacial score (nSPS) is 17.6. The number of unbranched alkanes of at least 4 members (excludes halogenated alkanes) is 1. The molecule has 1 aliphatic heterocycles. The Morgan fingerprint density at radius 3 is 2.76 bits per heavy atom. The Bertz CT molecular complexity index is 1010. The van der Waals surface area contributed by atoms with Crippen molar-refractivity contribution in [3.63, 3.8) is 0 Å². The zero-order chi connectivity index (χ0) is 26.8. The van der Waals surface area contributed by atoms with Crippen LogP contribution in [0.15, 0.2) is 36.4 Å². The largest absolute Gasteiger partial charge is 0.466 e. The second-order valence-electron chi connectivity index (χ2n) is 10.4. The van der Waals surface area contributed by atoms with E-state index in [4.69, 9.17) is 9.47 Å². The quantitative estimate of drug-likeness (QED) is 0.253. The van der Waals surface area contributed by atoms with Crippen LogP contribution in [0, 0.1) is 19.7 Å². The monoisotopic (exact) mass is 513 g/mol. The summed E-state index contributed by atoms with van der Waals surface area (Å²) >= 11 is 0. The topological polar surface area (TPSA) is 59.0 Å². The lowest BCUT2D eigenvalue weighted by molar-refractivity contribution is -0.143. The van der Waals surface area contributed by atoms with Crippen LogP contribution < -0.4 is 0 Å². The molecule has 0 unspecified atom stereocenters. The third-order valence-electron chi connectivity index (χ3n) is 7.31. The summed E-state index contributed by atoms with van der Waals surface area (Å²) in [6.07, 6.45) is 5.25. The highest BCUT2D eigenvalue weighted by Gasteiger charge is 2.27. The van der Waals surface area contributed by atoms with Gasteiger partial charge in [0.25, 0.3) is 0 Å². The smallest absolute Gasteiger partial charge is 0.305 e. The maximum absolute atomic E-state index is 14.0. The lowest BCUT2D eigenvalue weighted by Crippen LogP contribution is -2.39. The molecular weight excluding hydrogens is 469 g/mol. The van der Waals surface area contributed by atoms with Crippen LogP contribution >= 0.6 is 0 Å². The molecule has 2 aromatic carbocycles. The van der Waals surface area contributed by atoms with Crippen LogP contribution in [-0.4, -0.2) is 54.4 Å². The van der Waals surface area contributed by atoms with Crippen LogP contribution in [0.1, 0.15) is 79.9 Å². The summed E-state index contributed by atoms with van der Waals surface area (Å²) in [4.78, 5) is 13.9. The molecule has 1 heterocycles. The van der Waals surface area contributed by atoms with Crippen LogP contribution in [-0.2, 0) is 27.1 Å². The number of hydrogen-bond donors (Lipinski definition) is 1. The fraction of sp³-hybridized carbons (Fsp3) is 0.581. The van der Waals surface area contributed by atoms with Gasteiger partial charge in [0, 0.05) is 19.0 Å². The Morgan fingerprint density at radius 1 is 1.19 bits per heavy atom. The fourth-order valence-electron chi connectivity index (χ4n) is 5.21. The molecule has 2 aromatic rings. The summed E-state index contributed by atoms with van der Waals surface area (Å²) in [5, 5.41) is 10.8. The zero-order valence-electron chi connectivity index (χ0n) is 23.0. The number of aliphatic hydroxyl groups excluding tert-OH is 1. The predicted molar refractivity (Wildman–Crippen MR) is 145 cm³/mol. The number of carbonyl (C=O) groups is 1. The van der Waals surface area contributed by atoms with Gasteiger partial charge in [0.2, 0.25) is 0 Å². The first-order chi connectivity index (χ1) is 17.8. The number of aliphatic hydroxyl groups is 1. The van der Waals surface area contributed by atoms with Crippen LogP contribution in [0.3, 0.4) is 0 Å². The lowest BCUT2D eigenvalue weighted by atomic mass is 9.96. The third-order valence-corrected chi connectivity index (χ3v) is 7.31. The Hall–Kier alpha value is -2.28. The summed E-state index contributed by atoms with van der Waals surface area (Å²) in [7, 11) is 0. The minimum Gasteiger partial charge on any atom is -0.466 e. The van der Waals surface area contributed by atoms with E-state index in [1.165, 1.54) is 11.1 Å². The summed E-state index contributed by atoms with van der Waals surface area (Å²) in [6, 6.07) is 12.2. The molecular formula is C31H44FNO4. The molecule has 0 saturated carbocycles. The van der Waals surface area contributed by atoms with Gasteiger partial charge in [0.05, 0.1) is 25.4 Å². The van der Waals surface area contributed by atoms with Crippen LogP contribution in [0.25, 0.3) is 0 Å². The predicted octanol–water partition coefficient (Wildman–Crippen LogP) is 5.86. The lowest BCUT2D eigenvalue weighted by Gasteiger charge is -2.28. The number of halogens is 1. The highest BCUT2D eigenvalue weighted by molar-refractivity contribution is 5.69. The number of hydrogen-bond acceptors (Lipinski definition) is 5. The van der Waals surface area contributed by atoms with E-state index in [9.17, 15) is 14.3 Å². The van der Waals surface area contributed by atoms with Crippen molar-refractivity contribution in [3.8, 4) is 0 Å². The van der Waals surface area contributed by atoms with Crippen molar-refractivity contribution in [2.45, 2.75) is 90.9 Å². The minimum absolute atomic E-state index is 0.136. The van der Waals surface area contributed by atoms with Gasteiger partial charge in [-0.2, -0.15) is 0 Å². The van der Waals surface area contributed by atoms with Crippen LogP contribution in [0.4, 0.5) is 4.39 Å². The van der Waals surface area contributed by atoms with Crippen LogP contribution in [0.5, 0.6) is 0 Å². The molecule has 37 heavy (non-hydrogen) atoms. The Morgan fingerprint density at radius 2 is 2.00 bits per heavy atom. The van der Waals surface area contributed by atoms with Crippen molar-refractivity contribution in [3.05, 3.63) is 70.0 Å². The van der Waals surface area contributed by atoms with Crippen LogP contribution in [0.2, 0.25) is 0 Å². The van der Waals surface area contributed by atoms with E-state index in [-0.39, 0.29) is 24.5 Å². The Balaban J connectivity index is 1.49. The standard InChI is InChI=1S/C31H44FNO4/c1-5-36-31(35)11-7-6-9-26-15-12-22(2)17-29(26)24(4)37-21-28(34)20-33-16-8-10-27(33)18-25-14-13-23(3)30(32)19-25/h12-15,17,19,24,27-28,34H,5-11,16,18,20-21H2,1-4H3/t24-,27+,28-/m1/s1. The van der Waals surface area contributed by atoms with E-state index >= 15 is 0 Å². The van der Waals surface area contributed by atoms with Gasteiger partial charge in [-0.3, -0.25) is 9.69 Å². The maximum Gasteiger partial charge on any atom is 0.305 e. The molecule has 204 valence electrons. The number of ether oxygens (including phenoxy) is 2. The molecule has 0 spiro atoms. The van der Waals surface area contributed by atoms with Crippen molar-refractivity contribution < 1.29 is 23.8 Å².